The summed E-state index contributed by atoms with van der Waals surface area (Å²) < 4.78 is 0.708. The van der Waals surface area contributed by atoms with E-state index >= 15 is 0 Å². The van der Waals surface area contributed by atoms with Crippen LogP contribution in [0.15, 0.2) is 47.2 Å². The molecule has 21 heavy (non-hydrogen) atoms. The van der Waals surface area contributed by atoms with Crippen LogP contribution in [0.25, 0.3) is 0 Å². The maximum absolute atomic E-state index is 12.0. The van der Waals surface area contributed by atoms with Gasteiger partial charge in [-0.1, -0.05) is 12.1 Å². The number of hydrogen-bond donors (Lipinski definition) is 2. The first-order chi connectivity index (χ1) is 10.0. The number of carbonyl (C=O) groups is 1. The fourth-order valence-electron chi connectivity index (χ4n) is 1.94. The molecule has 0 bridgehead atoms. The highest BCUT2D eigenvalue weighted by Crippen LogP contribution is 2.12. The molecule has 0 spiro atoms. The van der Waals surface area contributed by atoms with Gasteiger partial charge in [-0.05, 0) is 65.5 Å². The van der Waals surface area contributed by atoms with Gasteiger partial charge in [0.05, 0.1) is 5.56 Å². The Morgan fingerprint density at radius 3 is 2.62 bits per heavy atom. The molecule has 1 aromatic heterocycles. The number of benzene rings is 1. The molecule has 0 saturated heterocycles. The van der Waals surface area contributed by atoms with Crippen molar-refractivity contribution >= 4 is 21.8 Å². The lowest BCUT2D eigenvalue weighted by atomic mass is 10.1. The number of aromatic nitrogens is 1. The number of hydrogen-bond acceptors (Lipinski definition) is 3. The lowest BCUT2D eigenvalue weighted by Gasteiger charge is -2.14. The van der Waals surface area contributed by atoms with E-state index in [0.29, 0.717) is 10.2 Å². The fraction of sp³-hybridized carbons (Fsp3) is 0.250. The average molecular weight is 349 g/mol. The zero-order chi connectivity index (χ0) is 15.2. The van der Waals surface area contributed by atoms with Crippen LogP contribution in [0.5, 0.6) is 5.75 Å². The topological polar surface area (TPSA) is 62.2 Å². The Kier molecular flexibility index (Phi) is 5.33. The predicted octanol–water partition coefficient (Wildman–Crippen LogP) is 3.30. The van der Waals surface area contributed by atoms with Crippen LogP contribution in [0.1, 0.15) is 29.3 Å². The molecule has 2 aromatic rings. The number of phenolic OH excluding ortho intramolecular Hbond substituents is 1. The summed E-state index contributed by atoms with van der Waals surface area (Å²) in [5.74, 6) is 0.149. The Labute approximate surface area is 132 Å². The zero-order valence-corrected chi connectivity index (χ0v) is 13.3. The molecule has 0 fully saturated rings. The molecule has 1 unspecified atom stereocenters. The van der Waals surface area contributed by atoms with Gasteiger partial charge in [-0.2, -0.15) is 0 Å². The second kappa shape index (κ2) is 7.22. The second-order valence-electron chi connectivity index (χ2n) is 4.95. The molecule has 0 aliphatic heterocycles. The Morgan fingerprint density at radius 1 is 1.29 bits per heavy atom. The van der Waals surface area contributed by atoms with Crippen molar-refractivity contribution in [1.29, 1.82) is 0 Å². The molecule has 4 nitrogen and oxygen atoms in total. The first-order valence-corrected chi connectivity index (χ1v) is 7.54. The summed E-state index contributed by atoms with van der Waals surface area (Å²) in [6.07, 6.45) is 3.23. The van der Waals surface area contributed by atoms with Crippen LogP contribution in [0.2, 0.25) is 0 Å². The second-order valence-corrected chi connectivity index (χ2v) is 5.76. The number of nitrogens with zero attached hydrogens (tertiary/aromatic N) is 1. The average Bonchev–Trinajstić information content (AvgIpc) is 2.47. The van der Waals surface area contributed by atoms with Crippen molar-refractivity contribution in [3.8, 4) is 5.75 Å². The maximum atomic E-state index is 12.0. The van der Waals surface area contributed by atoms with Gasteiger partial charge in [0, 0.05) is 12.2 Å². The molecule has 5 heteroatoms. The van der Waals surface area contributed by atoms with Crippen molar-refractivity contribution in [3.05, 3.63) is 58.3 Å². The standard InChI is InChI=1S/C16H17BrN2O2/c1-11(2-3-12-4-7-14(20)8-5-12)19-16(21)13-6-9-15(17)18-10-13/h4-11,20H,2-3H2,1H3,(H,19,21). The summed E-state index contributed by atoms with van der Waals surface area (Å²) in [5, 5.41) is 12.2. The highest BCUT2D eigenvalue weighted by Gasteiger charge is 2.10. The van der Waals surface area contributed by atoms with Crippen LogP contribution in [0.3, 0.4) is 0 Å². The van der Waals surface area contributed by atoms with E-state index in [0.717, 1.165) is 18.4 Å². The molecule has 1 amide bonds. The summed E-state index contributed by atoms with van der Waals surface area (Å²) in [7, 11) is 0. The van der Waals surface area contributed by atoms with Gasteiger partial charge >= 0.3 is 0 Å². The molecular weight excluding hydrogens is 332 g/mol. The number of halogens is 1. The minimum atomic E-state index is -0.117. The lowest BCUT2D eigenvalue weighted by Crippen LogP contribution is -2.32. The van der Waals surface area contributed by atoms with Gasteiger partial charge in [0.2, 0.25) is 0 Å². The molecule has 0 aliphatic carbocycles. The molecule has 2 N–H and O–H groups in total. The summed E-state index contributed by atoms with van der Waals surface area (Å²) >= 11 is 3.24. The number of aryl methyl sites for hydroxylation is 1. The molecule has 1 aromatic carbocycles. The zero-order valence-electron chi connectivity index (χ0n) is 11.7. The van der Waals surface area contributed by atoms with Crippen LogP contribution in [0.4, 0.5) is 0 Å². The Morgan fingerprint density at radius 2 is 2.00 bits per heavy atom. The van der Waals surface area contributed by atoms with Gasteiger partial charge in [-0.3, -0.25) is 4.79 Å². The minimum absolute atomic E-state index is 0.0648. The quantitative estimate of drug-likeness (QED) is 0.815. The monoisotopic (exact) mass is 348 g/mol. The summed E-state index contributed by atoms with van der Waals surface area (Å²) in [5.41, 5.74) is 1.69. The van der Waals surface area contributed by atoms with Gasteiger partial charge in [-0.15, -0.1) is 0 Å². The number of nitrogens with one attached hydrogen (secondary N) is 1. The third-order valence-corrected chi connectivity index (χ3v) is 3.64. The van der Waals surface area contributed by atoms with Gasteiger partial charge in [0.15, 0.2) is 0 Å². The fourth-order valence-corrected chi connectivity index (χ4v) is 2.17. The number of amides is 1. The molecule has 0 aliphatic rings. The molecule has 2 rings (SSSR count). The van der Waals surface area contributed by atoms with E-state index in [1.54, 1.807) is 30.5 Å². The van der Waals surface area contributed by atoms with Gasteiger partial charge in [0.1, 0.15) is 10.4 Å². The van der Waals surface area contributed by atoms with E-state index < -0.39 is 0 Å². The first kappa shape index (κ1) is 15.5. The molecule has 110 valence electrons. The number of pyridine rings is 1. The van der Waals surface area contributed by atoms with Crippen LogP contribution >= 0.6 is 15.9 Å². The highest BCUT2D eigenvalue weighted by molar-refractivity contribution is 9.10. The number of rotatable bonds is 5. The highest BCUT2D eigenvalue weighted by atomic mass is 79.9. The molecule has 0 radical (unpaired) electrons. The van der Waals surface area contributed by atoms with Gasteiger partial charge < -0.3 is 10.4 Å². The van der Waals surface area contributed by atoms with E-state index in [-0.39, 0.29) is 17.7 Å². The van der Waals surface area contributed by atoms with Crippen LogP contribution in [-0.4, -0.2) is 22.0 Å². The third kappa shape index (κ3) is 4.86. The molecule has 0 saturated carbocycles. The molecule has 1 atom stereocenters. The van der Waals surface area contributed by atoms with E-state index in [9.17, 15) is 9.90 Å². The maximum Gasteiger partial charge on any atom is 0.253 e. The largest absolute Gasteiger partial charge is 0.508 e. The lowest BCUT2D eigenvalue weighted by molar-refractivity contribution is 0.0938. The van der Waals surface area contributed by atoms with E-state index in [1.807, 2.05) is 19.1 Å². The first-order valence-electron chi connectivity index (χ1n) is 6.75. The molecule has 1 heterocycles. The normalized spacial score (nSPS) is 11.9. The summed E-state index contributed by atoms with van der Waals surface area (Å²) in [6, 6.07) is 10.7. The number of carbonyl (C=O) groups excluding carboxylic acids is 1. The minimum Gasteiger partial charge on any atom is -0.508 e. The van der Waals surface area contributed by atoms with Crippen LogP contribution in [0, 0.1) is 0 Å². The summed E-state index contributed by atoms with van der Waals surface area (Å²) in [6.45, 7) is 1.98. The SMILES string of the molecule is CC(CCc1ccc(O)cc1)NC(=O)c1ccc(Br)nc1. The van der Waals surface area contributed by atoms with Crippen LogP contribution in [-0.2, 0) is 6.42 Å². The van der Waals surface area contributed by atoms with E-state index in [2.05, 4.69) is 26.2 Å². The van der Waals surface area contributed by atoms with Crippen molar-refractivity contribution in [2.24, 2.45) is 0 Å². The third-order valence-electron chi connectivity index (χ3n) is 3.17. The number of phenols is 1. The smallest absolute Gasteiger partial charge is 0.253 e. The molecular formula is C16H17BrN2O2. The van der Waals surface area contributed by atoms with E-state index in [4.69, 9.17) is 0 Å². The van der Waals surface area contributed by atoms with Crippen molar-refractivity contribution in [2.75, 3.05) is 0 Å². The van der Waals surface area contributed by atoms with Crippen LogP contribution < -0.4 is 5.32 Å². The van der Waals surface area contributed by atoms with Crippen molar-refractivity contribution in [1.82, 2.24) is 10.3 Å². The van der Waals surface area contributed by atoms with E-state index in [1.165, 1.54) is 0 Å². The Hall–Kier alpha value is -1.88. The van der Waals surface area contributed by atoms with Crippen molar-refractivity contribution < 1.29 is 9.90 Å². The predicted molar refractivity (Wildman–Crippen MR) is 85.3 cm³/mol. The summed E-state index contributed by atoms with van der Waals surface area (Å²) in [4.78, 5) is 16.1. The van der Waals surface area contributed by atoms with Gasteiger partial charge in [0.25, 0.3) is 5.91 Å². The Bertz CT molecular complexity index is 597. The Balaban J connectivity index is 1.83. The number of aromatic hydroxyl groups is 1. The van der Waals surface area contributed by atoms with Gasteiger partial charge in [-0.25, -0.2) is 4.98 Å². The van der Waals surface area contributed by atoms with Crippen molar-refractivity contribution in [3.63, 3.8) is 0 Å². The van der Waals surface area contributed by atoms with Crippen molar-refractivity contribution in [2.45, 2.75) is 25.8 Å².